The van der Waals surface area contributed by atoms with Crippen molar-refractivity contribution in [1.29, 1.82) is 0 Å². The summed E-state index contributed by atoms with van der Waals surface area (Å²) < 4.78 is 2.41. The average Bonchev–Trinajstić information content (AvgIpc) is 2.65. The van der Waals surface area contributed by atoms with Crippen LogP contribution >= 0.6 is 11.3 Å². The molecule has 16 heavy (non-hydrogen) atoms. The van der Waals surface area contributed by atoms with Crippen LogP contribution in [0.25, 0.3) is 0 Å². The standard InChI is InChI=1S/C8H9N5O2S/c1-12-3-2-6(14)13(8(12)15)4-5-10-11-7(9)16-5/h2-3H,4H2,1H3,(H2,9,11). The fourth-order valence-electron chi connectivity index (χ4n) is 1.23. The van der Waals surface area contributed by atoms with E-state index in [0.717, 1.165) is 15.9 Å². The zero-order valence-corrected chi connectivity index (χ0v) is 9.27. The summed E-state index contributed by atoms with van der Waals surface area (Å²) in [5.41, 5.74) is 4.66. The Labute approximate surface area is 93.8 Å². The van der Waals surface area contributed by atoms with Crippen molar-refractivity contribution in [3.05, 3.63) is 38.1 Å². The molecule has 0 aliphatic carbocycles. The van der Waals surface area contributed by atoms with Crippen LogP contribution in [0.2, 0.25) is 0 Å². The SMILES string of the molecule is Cn1ccc(=O)n(Cc2nnc(N)s2)c1=O. The predicted molar refractivity (Wildman–Crippen MR) is 59.4 cm³/mol. The van der Waals surface area contributed by atoms with Gasteiger partial charge >= 0.3 is 5.69 Å². The van der Waals surface area contributed by atoms with Crippen LogP contribution in [-0.2, 0) is 13.6 Å². The van der Waals surface area contributed by atoms with Crippen molar-refractivity contribution in [1.82, 2.24) is 19.3 Å². The van der Waals surface area contributed by atoms with Crippen molar-refractivity contribution in [2.24, 2.45) is 7.05 Å². The van der Waals surface area contributed by atoms with Crippen molar-refractivity contribution in [3.8, 4) is 0 Å². The molecule has 0 amide bonds. The van der Waals surface area contributed by atoms with Gasteiger partial charge < -0.3 is 10.3 Å². The lowest BCUT2D eigenvalue weighted by atomic mass is 10.5. The zero-order valence-electron chi connectivity index (χ0n) is 8.45. The molecule has 0 aliphatic rings. The maximum absolute atomic E-state index is 11.7. The molecule has 2 heterocycles. The number of anilines is 1. The van der Waals surface area contributed by atoms with E-state index in [2.05, 4.69) is 10.2 Å². The molecular weight excluding hydrogens is 230 g/mol. The van der Waals surface area contributed by atoms with Gasteiger partial charge in [-0.1, -0.05) is 11.3 Å². The molecule has 0 radical (unpaired) electrons. The van der Waals surface area contributed by atoms with Gasteiger partial charge in [0, 0.05) is 19.3 Å². The topological polar surface area (TPSA) is 95.8 Å². The number of nitrogen functional groups attached to an aromatic ring is 1. The van der Waals surface area contributed by atoms with Crippen LogP contribution < -0.4 is 17.0 Å². The molecule has 0 spiro atoms. The monoisotopic (exact) mass is 239 g/mol. The molecule has 2 N–H and O–H groups in total. The molecular formula is C8H9N5O2S. The first kappa shape index (κ1) is 10.6. The predicted octanol–water partition coefficient (Wildman–Crippen LogP) is -0.971. The lowest BCUT2D eigenvalue weighted by Crippen LogP contribution is -2.38. The Hall–Kier alpha value is -1.96. The van der Waals surface area contributed by atoms with E-state index in [9.17, 15) is 9.59 Å². The van der Waals surface area contributed by atoms with Crippen LogP contribution in [0.15, 0.2) is 21.9 Å². The highest BCUT2D eigenvalue weighted by Crippen LogP contribution is 2.10. The molecule has 0 aliphatic heterocycles. The number of aryl methyl sites for hydroxylation is 1. The second-order valence-corrected chi connectivity index (χ2v) is 4.26. The molecule has 8 heteroatoms. The van der Waals surface area contributed by atoms with E-state index in [-0.39, 0.29) is 17.8 Å². The maximum atomic E-state index is 11.7. The summed E-state index contributed by atoms with van der Waals surface area (Å²) >= 11 is 1.15. The largest absolute Gasteiger partial charge is 0.374 e. The first-order valence-electron chi connectivity index (χ1n) is 4.42. The van der Waals surface area contributed by atoms with Gasteiger partial charge in [-0.3, -0.25) is 9.36 Å². The Morgan fingerprint density at radius 3 is 2.81 bits per heavy atom. The van der Waals surface area contributed by atoms with E-state index in [0.29, 0.717) is 10.1 Å². The quantitative estimate of drug-likeness (QED) is 0.727. The molecule has 0 fully saturated rings. The van der Waals surface area contributed by atoms with Gasteiger partial charge in [0.25, 0.3) is 5.56 Å². The minimum Gasteiger partial charge on any atom is -0.374 e. The Morgan fingerprint density at radius 2 is 2.19 bits per heavy atom. The van der Waals surface area contributed by atoms with E-state index >= 15 is 0 Å². The zero-order chi connectivity index (χ0) is 11.7. The summed E-state index contributed by atoms with van der Waals surface area (Å²) in [6.45, 7) is 0.0984. The van der Waals surface area contributed by atoms with Gasteiger partial charge in [0.15, 0.2) is 0 Å². The summed E-state index contributed by atoms with van der Waals surface area (Å²) in [4.78, 5) is 23.1. The number of aromatic nitrogens is 4. The van der Waals surface area contributed by atoms with Crippen molar-refractivity contribution in [2.75, 3.05) is 5.73 Å². The smallest absolute Gasteiger partial charge is 0.331 e. The Morgan fingerprint density at radius 1 is 1.44 bits per heavy atom. The molecule has 2 aromatic heterocycles. The number of rotatable bonds is 2. The van der Waals surface area contributed by atoms with Crippen molar-refractivity contribution < 1.29 is 0 Å². The molecule has 2 aromatic rings. The van der Waals surface area contributed by atoms with Gasteiger partial charge in [-0.15, -0.1) is 10.2 Å². The molecule has 0 unspecified atom stereocenters. The highest BCUT2D eigenvalue weighted by Gasteiger charge is 2.07. The van der Waals surface area contributed by atoms with E-state index in [1.807, 2.05) is 0 Å². The molecule has 0 aromatic carbocycles. The van der Waals surface area contributed by atoms with Gasteiger partial charge in [0.1, 0.15) is 5.01 Å². The van der Waals surface area contributed by atoms with Gasteiger partial charge in [-0.2, -0.15) is 0 Å². The summed E-state index contributed by atoms with van der Waals surface area (Å²) in [5, 5.41) is 8.22. The number of hydrogen-bond acceptors (Lipinski definition) is 6. The maximum Gasteiger partial charge on any atom is 0.331 e. The Balaban J connectivity index is 2.46. The molecule has 7 nitrogen and oxygen atoms in total. The summed E-state index contributed by atoms with van der Waals surface area (Å²) in [6.07, 6.45) is 1.43. The first-order chi connectivity index (χ1) is 7.58. The van der Waals surface area contributed by atoms with Gasteiger partial charge in [0.05, 0.1) is 6.54 Å². The fourth-order valence-corrected chi connectivity index (χ4v) is 1.82. The minimum atomic E-state index is -0.388. The summed E-state index contributed by atoms with van der Waals surface area (Å²) in [5.74, 6) is 0. The van der Waals surface area contributed by atoms with E-state index < -0.39 is 0 Å². The summed E-state index contributed by atoms with van der Waals surface area (Å²) in [7, 11) is 1.58. The molecule has 0 bridgehead atoms. The fraction of sp³-hybridized carbons (Fsp3) is 0.250. The Bertz CT molecular complexity index is 626. The van der Waals surface area contributed by atoms with Crippen molar-refractivity contribution >= 4 is 16.5 Å². The first-order valence-corrected chi connectivity index (χ1v) is 5.24. The van der Waals surface area contributed by atoms with E-state index in [4.69, 9.17) is 5.73 Å². The molecule has 0 saturated heterocycles. The summed E-state index contributed by atoms with van der Waals surface area (Å²) in [6, 6.07) is 1.33. The lowest BCUT2D eigenvalue weighted by Gasteiger charge is -2.03. The van der Waals surface area contributed by atoms with E-state index in [1.165, 1.54) is 16.8 Å². The molecule has 0 atom stereocenters. The van der Waals surface area contributed by atoms with Crippen LogP contribution in [0.5, 0.6) is 0 Å². The average molecular weight is 239 g/mol. The van der Waals surface area contributed by atoms with Crippen LogP contribution in [0.3, 0.4) is 0 Å². The number of hydrogen-bond donors (Lipinski definition) is 1. The Kier molecular flexibility index (Phi) is 2.57. The van der Waals surface area contributed by atoms with Gasteiger partial charge in [-0.25, -0.2) is 4.79 Å². The second kappa shape index (κ2) is 3.89. The number of nitrogens with zero attached hydrogens (tertiary/aromatic N) is 4. The van der Waals surface area contributed by atoms with Gasteiger partial charge in [0.2, 0.25) is 5.13 Å². The van der Waals surface area contributed by atoms with Crippen molar-refractivity contribution in [2.45, 2.75) is 6.54 Å². The molecule has 84 valence electrons. The molecule has 0 saturated carbocycles. The third kappa shape index (κ3) is 1.87. The van der Waals surface area contributed by atoms with Gasteiger partial charge in [-0.05, 0) is 0 Å². The van der Waals surface area contributed by atoms with Crippen LogP contribution in [0.1, 0.15) is 5.01 Å². The van der Waals surface area contributed by atoms with Crippen LogP contribution in [-0.4, -0.2) is 19.3 Å². The second-order valence-electron chi connectivity index (χ2n) is 3.17. The normalized spacial score (nSPS) is 10.6. The third-order valence-electron chi connectivity index (χ3n) is 2.02. The molecule has 2 rings (SSSR count). The van der Waals surface area contributed by atoms with Crippen LogP contribution in [0, 0.1) is 0 Å². The minimum absolute atomic E-state index is 0.0984. The van der Waals surface area contributed by atoms with Crippen molar-refractivity contribution in [3.63, 3.8) is 0 Å². The third-order valence-corrected chi connectivity index (χ3v) is 2.75. The highest BCUT2D eigenvalue weighted by molar-refractivity contribution is 7.15. The lowest BCUT2D eigenvalue weighted by molar-refractivity contribution is 0.634. The van der Waals surface area contributed by atoms with E-state index in [1.54, 1.807) is 7.05 Å². The number of nitrogens with two attached hydrogens (primary N) is 1. The van der Waals surface area contributed by atoms with Crippen LogP contribution in [0.4, 0.5) is 5.13 Å². The highest BCUT2D eigenvalue weighted by atomic mass is 32.1.